The van der Waals surface area contributed by atoms with E-state index in [2.05, 4.69) is 13.6 Å². The molecular weight excluding hydrogens is 387 g/mol. The summed E-state index contributed by atoms with van der Waals surface area (Å²) in [7, 11) is -8.37. The molecule has 0 bridgehead atoms. The van der Waals surface area contributed by atoms with E-state index >= 15 is 0 Å². The second-order valence-corrected chi connectivity index (χ2v) is 6.70. The molecule has 0 aromatic carbocycles. The molecule has 24 heavy (non-hydrogen) atoms. The van der Waals surface area contributed by atoms with Crippen LogP contribution in [-0.4, -0.2) is 70.9 Å². The minimum atomic E-state index is -2.82. The third-order valence-corrected chi connectivity index (χ3v) is 3.72. The highest BCUT2D eigenvalue weighted by atomic mass is 31.1. The summed E-state index contributed by atoms with van der Waals surface area (Å²) in [5.74, 6) is 0. The summed E-state index contributed by atoms with van der Waals surface area (Å²) < 4.78 is 45.6. The summed E-state index contributed by atoms with van der Waals surface area (Å²) in [4.78, 5) is 29.1. The Hall–Kier alpha value is -0.0600. The Morgan fingerprint density at radius 3 is 1.54 bits per heavy atom. The van der Waals surface area contributed by atoms with E-state index in [1.54, 1.807) is 4.90 Å². The second-order valence-electron chi connectivity index (χ2n) is 4.50. The predicted molar refractivity (Wildman–Crippen MR) is 83.9 cm³/mol. The molecule has 0 aliphatic heterocycles. The molecule has 12 nitrogen and oxygen atoms in total. The second kappa shape index (κ2) is 15.2. The van der Waals surface area contributed by atoms with E-state index in [1.807, 2.05) is 0 Å². The van der Waals surface area contributed by atoms with Crippen LogP contribution in [0.1, 0.15) is 12.8 Å². The molecule has 140 valence electrons. The highest BCUT2D eigenvalue weighted by molar-refractivity contribution is 7.32. The van der Waals surface area contributed by atoms with Crippen molar-refractivity contribution in [2.24, 2.45) is 5.73 Å². The molecule has 0 aliphatic carbocycles. The summed E-state index contributed by atoms with van der Waals surface area (Å²) in [6.07, 6.45) is 1.52. The van der Waals surface area contributed by atoms with Crippen LogP contribution in [0.15, 0.2) is 0 Å². The van der Waals surface area contributed by atoms with Gasteiger partial charge in [-0.3, -0.25) is 4.90 Å². The fourth-order valence-corrected chi connectivity index (χ4v) is 2.35. The largest absolute Gasteiger partial charge is 0.696 e. The van der Waals surface area contributed by atoms with Crippen LogP contribution in [0.25, 0.3) is 0 Å². The van der Waals surface area contributed by atoms with Gasteiger partial charge in [-0.15, -0.1) is 28.3 Å². The number of nitrogens with zero attached hydrogens (tertiary/aromatic N) is 2. The lowest BCUT2D eigenvalue weighted by atomic mass is 10.3. The average molecular weight is 410 g/mol. The molecule has 0 fully saturated rings. The number of unbranched alkanes of at least 4 members (excludes halogenated alkanes) is 1. The van der Waals surface area contributed by atoms with Gasteiger partial charge in [-0.25, -0.2) is 4.90 Å². The lowest BCUT2D eigenvalue weighted by Crippen LogP contribution is -2.38. The smallest absolute Gasteiger partial charge is 0.330 e. The van der Waals surface area contributed by atoms with E-state index in [4.69, 9.17) is 20.4 Å². The van der Waals surface area contributed by atoms with E-state index in [1.165, 1.54) is 4.90 Å². The van der Waals surface area contributed by atoms with Gasteiger partial charge in [0.05, 0.1) is 0 Å². The third kappa shape index (κ3) is 15.5. The summed E-state index contributed by atoms with van der Waals surface area (Å²) in [6.45, 7) is 0.976. The Balaban J connectivity index is 4.45. The van der Waals surface area contributed by atoms with Gasteiger partial charge in [0.25, 0.3) is 0 Å². The fraction of sp³-hybridized carbons (Fsp3) is 1.00. The summed E-state index contributed by atoms with van der Waals surface area (Å²) in [5, 5.41) is 0. The van der Waals surface area contributed by atoms with Gasteiger partial charge in [-0.05, 0) is 19.4 Å². The maximum Gasteiger partial charge on any atom is 0.696 e. The number of hydrogen-bond acceptors (Lipinski definition) is 9. The highest BCUT2D eigenvalue weighted by Crippen LogP contribution is 2.18. The Labute approximate surface area is 142 Å². The first-order chi connectivity index (χ1) is 11.3. The molecule has 0 aliphatic rings. The normalized spacial score (nSPS) is 13.5. The molecule has 0 saturated carbocycles. The molecule has 0 saturated heterocycles. The monoisotopic (exact) mass is 410 g/mol. The van der Waals surface area contributed by atoms with Crippen LogP contribution < -0.4 is 5.73 Å². The lowest BCUT2D eigenvalue weighted by molar-refractivity contribution is 0.0326. The maximum absolute atomic E-state index is 10.6. The van der Waals surface area contributed by atoms with Crippen molar-refractivity contribution in [3.63, 3.8) is 0 Å². The summed E-state index contributed by atoms with van der Waals surface area (Å²) in [5.41, 5.74) is 5.41. The molecule has 0 aromatic heterocycles. The SMILES string of the molecule is NCCCCN(CCN(CO[P+](=O)O)CO[P+](=O)O)CO[P+](=O)O. The number of hydrogen-bond donors (Lipinski definition) is 4. The zero-order valence-electron chi connectivity index (χ0n) is 13.0. The Morgan fingerprint density at radius 2 is 1.12 bits per heavy atom. The first-order valence-corrected chi connectivity index (χ1v) is 10.3. The molecule has 3 unspecified atom stereocenters. The van der Waals surface area contributed by atoms with Gasteiger partial charge < -0.3 is 5.73 Å². The van der Waals surface area contributed by atoms with Gasteiger partial charge in [0.15, 0.2) is 20.2 Å². The maximum atomic E-state index is 10.6. The third-order valence-electron chi connectivity index (χ3n) is 2.71. The highest BCUT2D eigenvalue weighted by Gasteiger charge is 2.22. The van der Waals surface area contributed by atoms with Crippen LogP contribution >= 0.6 is 24.8 Å². The predicted octanol–water partition coefficient (Wildman–Crippen LogP) is 0.201. The molecule has 0 radical (unpaired) electrons. The first kappa shape index (κ1) is 23.9. The minimum absolute atomic E-state index is 0.0889. The summed E-state index contributed by atoms with van der Waals surface area (Å²) >= 11 is 0. The van der Waals surface area contributed by atoms with Crippen molar-refractivity contribution < 1.29 is 41.9 Å². The molecule has 3 atom stereocenters. The van der Waals surface area contributed by atoms with Crippen LogP contribution in [0.3, 0.4) is 0 Å². The van der Waals surface area contributed by atoms with Crippen molar-refractivity contribution >= 4 is 24.8 Å². The Morgan fingerprint density at radius 1 is 0.708 bits per heavy atom. The van der Waals surface area contributed by atoms with Gasteiger partial charge in [0, 0.05) is 33.3 Å². The van der Waals surface area contributed by atoms with E-state index in [0.29, 0.717) is 19.6 Å². The van der Waals surface area contributed by atoms with E-state index in [0.717, 1.165) is 12.8 Å². The Bertz CT molecular complexity index is 386. The zero-order valence-corrected chi connectivity index (χ0v) is 15.7. The van der Waals surface area contributed by atoms with E-state index in [9.17, 15) is 13.7 Å². The molecule has 5 N–H and O–H groups in total. The van der Waals surface area contributed by atoms with Gasteiger partial charge in [-0.2, -0.15) is 0 Å². The molecule has 0 heterocycles. The topological polar surface area (TPSA) is 172 Å². The van der Waals surface area contributed by atoms with Crippen LogP contribution in [0, 0.1) is 0 Å². The van der Waals surface area contributed by atoms with E-state index in [-0.39, 0.29) is 26.7 Å². The Kier molecular flexibility index (Phi) is 15.2. The standard InChI is InChI=1S/C9H20N3O9P3/c10-3-1-2-4-11(7-19-22(13)14)5-6-12(8-20-23(15)16)9-21-24(17)18/h1-10H2/p+3. The molecule has 0 amide bonds. The van der Waals surface area contributed by atoms with Crippen molar-refractivity contribution in [1.82, 2.24) is 9.80 Å². The molecule has 15 heteroatoms. The molecule has 0 rings (SSSR count). The first-order valence-electron chi connectivity index (χ1n) is 6.87. The molecular formula is C9H23N3O9P3+3. The molecule has 0 aromatic rings. The minimum Gasteiger partial charge on any atom is -0.330 e. The average Bonchev–Trinajstić information content (AvgIpc) is 2.50. The van der Waals surface area contributed by atoms with Gasteiger partial charge in [0.1, 0.15) is 0 Å². The van der Waals surface area contributed by atoms with E-state index < -0.39 is 24.8 Å². The van der Waals surface area contributed by atoms with Crippen molar-refractivity contribution in [3.8, 4) is 0 Å². The number of rotatable bonds is 16. The van der Waals surface area contributed by atoms with Gasteiger partial charge in [-0.1, -0.05) is 0 Å². The van der Waals surface area contributed by atoms with Crippen molar-refractivity contribution in [2.45, 2.75) is 12.8 Å². The van der Waals surface area contributed by atoms with Gasteiger partial charge >= 0.3 is 24.8 Å². The van der Waals surface area contributed by atoms with Crippen molar-refractivity contribution in [2.75, 3.05) is 46.4 Å². The fourth-order valence-electron chi connectivity index (χ4n) is 1.56. The summed E-state index contributed by atoms with van der Waals surface area (Å²) in [6, 6.07) is 0. The molecule has 0 spiro atoms. The zero-order chi connectivity index (χ0) is 18.4. The lowest BCUT2D eigenvalue weighted by Gasteiger charge is -2.23. The van der Waals surface area contributed by atoms with Crippen molar-refractivity contribution in [3.05, 3.63) is 0 Å². The van der Waals surface area contributed by atoms with Crippen LogP contribution in [0.4, 0.5) is 0 Å². The van der Waals surface area contributed by atoms with Crippen LogP contribution in [0.5, 0.6) is 0 Å². The quantitative estimate of drug-likeness (QED) is 0.155. The van der Waals surface area contributed by atoms with Crippen LogP contribution in [-0.2, 0) is 27.3 Å². The van der Waals surface area contributed by atoms with Crippen LogP contribution in [0.2, 0.25) is 0 Å². The number of nitrogens with two attached hydrogens (primary N) is 1. The van der Waals surface area contributed by atoms with Gasteiger partial charge in [0.2, 0.25) is 0 Å². The van der Waals surface area contributed by atoms with Crippen molar-refractivity contribution in [1.29, 1.82) is 0 Å².